The average molecular weight is 392 g/mol. The Morgan fingerprint density at radius 2 is 2.04 bits per heavy atom. The van der Waals surface area contributed by atoms with E-state index in [1.807, 2.05) is 18.7 Å². The fraction of sp³-hybridized carbons (Fsp3) is 0.526. The predicted molar refractivity (Wildman–Crippen MR) is 120 cm³/mol. The molecule has 0 radical (unpaired) electrons. The van der Waals surface area contributed by atoms with E-state index in [-0.39, 0.29) is 0 Å². The van der Waals surface area contributed by atoms with Crippen molar-refractivity contribution in [3.63, 3.8) is 0 Å². The van der Waals surface area contributed by atoms with Crippen molar-refractivity contribution in [2.45, 2.75) is 51.7 Å². The molecular weight excluding hydrogens is 362 g/mol. The van der Waals surface area contributed by atoms with E-state index in [1.165, 1.54) is 12.8 Å². The minimum absolute atomic E-state index is 0.570. The van der Waals surface area contributed by atoms with Crippen LogP contribution in [0.5, 0.6) is 0 Å². The number of hydrogen-bond acceptors (Lipinski definition) is 5. The van der Waals surface area contributed by atoms with Gasteiger partial charge in [-0.05, 0) is 49.7 Å². The molecule has 1 aliphatic heterocycles. The number of benzene rings is 1. The smallest absolute Gasteiger partial charge is 0.186 e. The maximum atomic E-state index is 5.24. The zero-order valence-electron chi connectivity index (χ0n) is 15.8. The van der Waals surface area contributed by atoms with Gasteiger partial charge in [-0.25, -0.2) is 0 Å². The van der Waals surface area contributed by atoms with Gasteiger partial charge in [0.1, 0.15) is 0 Å². The van der Waals surface area contributed by atoms with Crippen LogP contribution in [0.1, 0.15) is 52.0 Å². The van der Waals surface area contributed by atoms with Gasteiger partial charge in [0.2, 0.25) is 0 Å². The van der Waals surface area contributed by atoms with Gasteiger partial charge >= 0.3 is 0 Å². The second-order valence-corrected chi connectivity index (χ2v) is 7.97. The summed E-state index contributed by atoms with van der Waals surface area (Å²) < 4.78 is 0. The Labute approximate surface area is 166 Å². The SMILES string of the molecule is CCCCCNC(=S)N/N=C(/C)c1ccc(NC2=NC[C@H](CC)S2)cc1. The molecule has 3 N–H and O–H groups in total. The Balaban J connectivity index is 1.80. The van der Waals surface area contributed by atoms with Crippen molar-refractivity contribution in [1.29, 1.82) is 0 Å². The molecule has 0 aliphatic carbocycles. The predicted octanol–water partition coefficient (Wildman–Crippen LogP) is 4.36. The fourth-order valence-corrected chi connectivity index (χ4v) is 3.54. The van der Waals surface area contributed by atoms with Crippen LogP contribution in [0, 0.1) is 0 Å². The van der Waals surface area contributed by atoms with Crippen molar-refractivity contribution in [3.05, 3.63) is 29.8 Å². The molecule has 2 rings (SSSR count). The molecule has 0 fully saturated rings. The van der Waals surface area contributed by atoms with Gasteiger partial charge < -0.3 is 10.6 Å². The summed E-state index contributed by atoms with van der Waals surface area (Å²) in [5.41, 5.74) is 5.92. The fourth-order valence-electron chi connectivity index (χ4n) is 2.43. The van der Waals surface area contributed by atoms with Crippen LogP contribution in [0.15, 0.2) is 34.4 Å². The van der Waals surface area contributed by atoms with Gasteiger partial charge in [-0.15, -0.1) is 0 Å². The number of nitrogens with zero attached hydrogens (tertiary/aromatic N) is 2. The maximum Gasteiger partial charge on any atom is 0.186 e. The Bertz CT molecular complexity index is 640. The monoisotopic (exact) mass is 391 g/mol. The number of thioether (sulfide) groups is 1. The van der Waals surface area contributed by atoms with E-state index < -0.39 is 0 Å². The minimum atomic E-state index is 0.570. The summed E-state index contributed by atoms with van der Waals surface area (Å²) in [6.07, 6.45) is 4.69. The third-order valence-corrected chi connectivity index (χ3v) is 5.62. The van der Waals surface area contributed by atoms with Crippen LogP contribution in [0.2, 0.25) is 0 Å². The van der Waals surface area contributed by atoms with E-state index >= 15 is 0 Å². The summed E-state index contributed by atoms with van der Waals surface area (Å²) in [5.74, 6) is 0. The molecule has 1 aromatic rings. The van der Waals surface area contributed by atoms with Crippen molar-refractivity contribution in [3.8, 4) is 0 Å². The molecule has 1 heterocycles. The third kappa shape index (κ3) is 6.96. The van der Waals surface area contributed by atoms with Gasteiger partial charge in [-0.3, -0.25) is 10.4 Å². The van der Waals surface area contributed by atoms with Crippen molar-refractivity contribution >= 4 is 45.7 Å². The Hall–Kier alpha value is -1.60. The summed E-state index contributed by atoms with van der Waals surface area (Å²) in [4.78, 5) is 4.54. The lowest BCUT2D eigenvalue weighted by atomic mass is 10.1. The van der Waals surface area contributed by atoms with E-state index in [0.717, 1.165) is 48.1 Å². The van der Waals surface area contributed by atoms with Crippen LogP contribution in [-0.4, -0.2) is 34.3 Å². The first-order chi connectivity index (χ1) is 12.6. The van der Waals surface area contributed by atoms with Crippen LogP contribution >= 0.6 is 24.0 Å². The van der Waals surface area contributed by atoms with E-state index in [2.05, 4.69) is 64.3 Å². The quantitative estimate of drug-likeness (QED) is 0.266. The molecule has 0 saturated heterocycles. The number of unbranched alkanes of at least 4 members (excludes halogenated alkanes) is 2. The summed E-state index contributed by atoms with van der Waals surface area (Å²) >= 11 is 7.06. The molecule has 0 spiro atoms. The normalized spacial score (nSPS) is 17.0. The number of rotatable bonds is 8. The lowest BCUT2D eigenvalue weighted by Gasteiger charge is -2.09. The largest absolute Gasteiger partial charge is 0.361 e. The Morgan fingerprint density at radius 3 is 2.69 bits per heavy atom. The first kappa shape index (κ1) is 20.7. The van der Waals surface area contributed by atoms with E-state index in [9.17, 15) is 0 Å². The minimum Gasteiger partial charge on any atom is -0.361 e. The molecule has 0 unspecified atom stereocenters. The average Bonchev–Trinajstić information content (AvgIpc) is 3.11. The highest BCUT2D eigenvalue weighted by Crippen LogP contribution is 2.24. The molecule has 26 heavy (non-hydrogen) atoms. The zero-order valence-corrected chi connectivity index (χ0v) is 17.5. The van der Waals surface area contributed by atoms with Gasteiger partial charge in [0, 0.05) is 17.5 Å². The van der Waals surface area contributed by atoms with Crippen LogP contribution in [0.25, 0.3) is 0 Å². The number of anilines is 1. The molecule has 0 saturated carbocycles. The van der Waals surface area contributed by atoms with Gasteiger partial charge in [0.25, 0.3) is 0 Å². The maximum absolute atomic E-state index is 5.24. The lowest BCUT2D eigenvalue weighted by Crippen LogP contribution is -2.33. The van der Waals surface area contributed by atoms with Gasteiger partial charge in [-0.2, -0.15) is 5.10 Å². The van der Waals surface area contributed by atoms with Gasteiger partial charge in [0.05, 0.1) is 12.3 Å². The number of thiocarbonyl (C=S) groups is 1. The Kier molecular flexibility index (Phi) is 8.91. The third-order valence-electron chi connectivity index (χ3n) is 4.12. The molecule has 7 heteroatoms. The first-order valence-electron chi connectivity index (χ1n) is 9.29. The van der Waals surface area contributed by atoms with Crippen LogP contribution in [0.4, 0.5) is 5.69 Å². The molecule has 5 nitrogen and oxygen atoms in total. The molecule has 1 aromatic carbocycles. The Morgan fingerprint density at radius 1 is 1.27 bits per heavy atom. The molecule has 1 aliphatic rings. The van der Waals surface area contributed by atoms with E-state index in [4.69, 9.17) is 12.2 Å². The summed E-state index contributed by atoms with van der Waals surface area (Å²) in [5, 5.41) is 13.1. The van der Waals surface area contributed by atoms with Gasteiger partial charge in [0.15, 0.2) is 10.3 Å². The highest BCUT2D eigenvalue weighted by molar-refractivity contribution is 8.15. The van der Waals surface area contributed by atoms with Crippen molar-refractivity contribution in [1.82, 2.24) is 10.7 Å². The van der Waals surface area contributed by atoms with Crippen LogP contribution in [-0.2, 0) is 0 Å². The molecule has 0 aromatic heterocycles. The van der Waals surface area contributed by atoms with Crippen LogP contribution in [0.3, 0.4) is 0 Å². The van der Waals surface area contributed by atoms with Crippen molar-refractivity contribution in [2.75, 3.05) is 18.4 Å². The molecule has 142 valence electrons. The standard InChI is InChI=1S/C19H29N5S2/c1-4-6-7-12-20-18(25)24-23-14(3)15-8-10-16(11-9-15)22-19-21-13-17(5-2)26-19/h8-11,17H,4-7,12-13H2,1-3H3,(H,21,22)(H2,20,24,25)/b23-14-/t17-/m0/s1. The highest BCUT2D eigenvalue weighted by Gasteiger charge is 2.17. The summed E-state index contributed by atoms with van der Waals surface area (Å²) in [7, 11) is 0. The topological polar surface area (TPSA) is 60.8 Å². The van der Waals surface area contributed by atoms with Crippen LogP contribution < -0.4 is 16.1 Å². The number of hydrogen-bond donors (Lipinski definition) is 3. The second kappa shape index (κ2) is 11.2. The van der Waals surface area contributed by atoms with Crippen molar-refractivity contribution < 1.29 is 0 Å². The summed E-state index contributed by atoms with van der Waals surface area (Å²) in [6, 6.07) is 8.21. The lowest BCUT2D eigenvalue weighted by molar-refractivity contribution is 0.691. The molecular formula is C19H29N5S2. The highest BCUT2D eigenvalue weighted by atomic mass is 32.2. The number of amidine groups is 1. The first-order valence-corrected chi connectivity index (χ1v) is 10.6. The van der Waals surface area contributed by atoms with E-state index in [1.54, 1.807) is 0 Å². The van der Waals surface area contributed by atoms with E-state index in [0.29, 0.717) is 10.4 Å². The van der Waals surface area contributed by atoms with Crippen molar-refractivity contribution in [2.24, 2.45) is 10.1 Å². The summed E-state index contributed by atoms with van der Waals surface area (Å²) in [6.45, 7) is 8.15. The number of nitrogens with one attached hydrogen (secondary N) is 3. The number of hydrazone groups is 1. The van der Waals surface area contributed by atoms with Gasteiger partial charge in [-0.1, -0.05) is 50.6 Å². The molecule has 1 atom stereocenters. The molecule has 0 amide bonds. The molecule has 0 bridgehead atoms. The zero-order chi connectivity index (χ0) is 18.8. The second-order valence-electron chi connectivity index (χ2n) is 6.27. The number of aliphatic imine (C=N–C) groups is 1.